The first-order chi connectivity index (χ1) is 14.2. The van der Waals surface area contributed by atoms with Gasteiger partial charge in [-0.2, -0.15) is 0 Å². The van der Waals surface area contributed by atoms with Crippen molar-refractivity contribution in [1.82, 2.24) is 0 Å². The zero-order valence-corrected chi connectivity index (χ0v) is 20.1. The summed E-state index contributed by atoms with van der Waals surface area (Å²) in [7, 11) is 0. The topological polar surface area (TPSA) is 49.5 Å². The van der Waals surface area contributed by atoms with Gasteiger partial charge in [-0.3, -0.25) is 0 Å². The Bertz CT molecular complexity index is 874. The van der Waals surface area contributed by atoms with Gasteiger partial charge in [0.05, 0.1) is 16.8 Å². The van der Waals surface area contributed by atoms with Crippen molar-refractivity contribution in [2.45, 2.75) is 51.1 Å². The van der Waals surface area contributed by atoms with Gasteiger partial charge in [0.15, 0.2) is 5.79 Å². The van der Waals surface area contributed by atoms with E-state index in [1.165, 1.54) is 11.1 Å². The molecule has 2 fully saturated rings. The van der Waals surface area contributed by atoms with E-state index in [1.807, 2.05) is 26.0 Å². The summed E-state index contributed by atoms with van der Waals surface area (Å²) in [6.45, 7) is 10.8. The average Bonchev–Trinajstić information content (AvgIpc) is 3.47. The third-order valence-electron chi connectivity index (χ3n) is 5.56. The number of rotatable bonds is 8. The summed E-state index contributed by atoms with van der Waals surface area (Å²) < 4.78 is 29.5. The van der Waals surface area contributed by atoms with Crippen LogP contribution in [0.5, 0.6) is 11.5 Å². The Balaban J connectivity index is 1.39. The molecule has 0 aromatic heterocycles. The molecule has 4 rings (SSSR count). The zero-order chi connectivity index (χ0) is 21.4. The molecule has 0 spiro atoms. The summed E-state index contributed by atoms with van der Waals surface area (Å²) >= 11 is 2.34. The van der Waals surface area contributed by atoms with Gasteiger partial charge in [0.2, 0.25) is 0 Å². The lowest BCUT2D eigenvalue weighted by Crippen LogP contribution is -2.25. The second-order valence-corrected chi connectivity index (χ2v) is 9.98. The predicted molar refractivity (Wildman–Crippen MR) is 123 cm³/mol. The Morgan fingerprint density at radius 3 is 2.23 bits per heavy atom. The van der Waals surface area contributed by atoms with Crippen molar-refractivity contribution in [3.8, 4) is 11.5 Å². The van der Waals surface area contributed by atoms with Crippen LogP contribution in [0.4, 0.5) is 0 Å². The normalized spacial score (nSPS) is 22.7. The molecule has 0 saturated carbocycles. The van der Waals surface area contributed by atoms with Gasteiger partial charge in [0, 0.05) is 5.41 Å². The second kappa shape index (κ2) is 8.65. The molecule has 0 amide bonds. The molecule has 2 aliphatic rings. The van der Waals surface area contributed by atoms with Gasteiger partial charge in [0.25, 0.3) is 0 Å². The van der Waals surface area contributed by atoms with Gasteiger partial charge < -0.3 is 23.7 Å². The maximum Gasteiger partial charge on any atom is 0.163 e. The van der Waals surface area contributed by atoms with E-state index in [1.54, 1.807) is 0 Å². The van der Waals surface area contributed by atoms with E-state index in [-0.39, 0.29) is 17.6 Å². The Kier molecular flexibility index (Phi) is 6.30. The fraction of sp³-hybridized carbons (Fsp3) is 0.500. The molecule has 0 bridgehead atoms. The third kappa shape index (κ3) is 5.28. The maximum absolute atomic E-state index is 5.91. The van der Waals surface area contributed by atoms with Crippen LogP contribution in [0, 0.1) is 3.57 Å². The molecule has 2 atom stereocenters. The second-order valence-electron chi connectivity index (χ2n) is 8.82. The van der Waals surface area contributed by atoms with E-state index in [0.717, 1.165) is 21.7 Å². The van der Waals surface area contributed by atoms with Crippen molar-refractivity contribution >= 4 is 22.6 Å². The summed E-state index contributed by atoms with van der Waals surface area (Å²) in [4.78, 5) is 0. The van der Waals surface area contributed by atoms with Gasteiger partial charge >= 0.3 is 0 Å². The first-order valence-corrected chi connectivity index (χ1v) is 11.4. The van der Waals surface area contributed by atoms with E-state index < -0.39 is 5.79 Å². The lowest BCUT2D eigenvalue weighted by Gasteiger charge is -2.27. The molecule has 6 heteroatoms. The number of halogens is 1. The van der Waals surface area contributed by atoms with Crippen LogP contribution in [0.2, 0.25) is 0 Å². The highest BCUT2D eigenvalue weighted by Crippen LogP contribution is 2.35. The SMILES string of the molecule is CC1(C)OC[C@H](COc2ccc(C(C)(C)c3ccc(OC[C@H]4CO4)c(I)c3)cc2)O1. The molecular formula is C24H29IO5. The first kappa shape index (κ1) is 21.9. The highest BCUT2D eigenvalue weighted by Gasteiger charge is 2.33. The molecule has 2 aromatic rings. The molecule has 162 valence electrons. The van der Waals surface area contributed by atoms with E-state index in [4.69, 9.17) is 23.7 Å². The van der Waals surface area contributed by atoms with Gasteiger partial charge in [-0.05, 0) is 71.8 Å². The van der Waals surface area contributed by atoms with E-state index in [9.17, 15) is 0 Å². The quantitative estimate of drug-likeness (QED) is 0.363. The number of ether oxygens (including phenoxy) is 5. The fourth-order valence-corrected chi connectivity index (χ4v) is 4.19. The fourth-order valence-electron chi connectivity index (χ4n) is 3.52. The molecule has 30 heavy (non-hydrogen) atoms. The smallest absolute Gasteiger partial charge is 0.163 e. The van der Waals surface area contributed by atoms with Crippen molar-refractivity contribution in [2.24, 2.45) is 0 Å². The predicted octanol–water partition coefficient (Wildman–Crippen LogP) is 4.93. The highest BCUT2D eigenvalue weighted by molar-refractivity contribution is 14.1. The van der Waals surface area contributed by atoms with Crippen molar-refractivity contribution < 1.29 is 23.7 Å². The van der Waals surface area contributed by atoms with Crippen LogP contribution < -0.4 is 9.47 Å². The standard InChI is InChI=1S/C24H29IO5/c1-23(2,17-7-10-22(21(25)11-17)28-13-19-12-27-19)16-5-8-18(9-6-16)26-14-20-15-29-24(3,4)30-20/h5-11,19-20H,12-15H2,1-4H3/t19-,20+/m1/s1. The Hall–Kier alpha value is -1.35. The molecule has 0 N–H and O–H groups in total. The number of benzene rings is 2. The summed E-state index contributed by atoms with van der Waals surface area (Å²) in [6, 6.07) is 14.7. The van der Waals surface area contributed by atoms with Crippen LogP contribution >= 0.6 is 22.6 Å². The van der Waals surface area contributed by atoms with Crippen molar-refractivity contribution in [2.75, 3.05) is 26.4 Å². The summed E-state index contributed by atoms with van der Waals surface area (Å²) in [5.41, 5.74) is 2.34. The Labute approximate surface area is 192 Å². The van der Waals surface area contributed by atoms with Gasteiger partial charge in [-0.1, -0.05) is 32.0 Å². The maximum atomic E-state index is 5.91. The van der Waals surface area contributed by atoms with Crippen LogP contribution in [0.15, 0.2) is 42.5 Å². The van der Waals surface area contributed by atoms with Gasteiger partial charge in [0.1, 0.15) is 36.9 Å². The van der Waals surface area contributed by atoms with E-state index >= 15 is 0 Å². The van der Waals surface area contributed by atoms with E-state index in [2.05, 4.69) is 66.8 Å². The first-order valence-electron chi connectivity index (χ1n) is 10.3. The number of hydrogen-bond donors (Lipinski definition) is 0. The molecule has 2 aromatic carbocycles. The molecule has 2 saturated heterocycles. The van der Waals surface area contributed by atoms with E-state index in [0.29, 0.717) is 19.8 Å². The Morgan fingerprint density at radius 1 is 0.967 bits per heavy atom. The largest absolute Gasteiger partial charge is 0.491 e. The van der Waals surface area contributed by atoms with Crippen LogP contribution in [0.3, 0.4) is 0 Å². The van der Waals surface area contributed by atoms with Crippen molar-refractivity contribution in [1.29, 1.82) is 0 Å². The molecule has 0 radical (unpaired) electrons. The third-order valence-corrected chi connectivity index (χ3v) is 6.40. The van der Waals surface area contributed by atoms with Crippen LogP contribution in [0.1, 0.15) is 38.8 Å². The zero-order valence-electron chi connectivity index (χ0n) is 17.9. The lowest BCUT2D eigenvalue weighted by molar-refractivity contribution is -0.141. The number of hydrogen-bond acceptors (Lipinski definition) is 5. The molecule has 0 unspecified atom stereocenters. The van der Waals surface area contributed by atoms with Crippen LogP contribution in [-0.4, -0.2) is 44.4 Å². The summed E-state index contributed by atoms with van der Waals surface area (Å²) in [5, 5.41) is 0. The highest BCUT2D eigenvalue weighted by atomic mass is 127. The molecule has 2 aliphatic heterocycles. The summed E-state index contributed by atoms with van der Waals surface area (Å²) in [6.07, 6.45) is 0.224. The molecule has 0 aliphatic carbocycles. The molecular weight excluding hydrogens is 495 g/mol. The van der Waals surface area contributed by atoms with Crippen molar-refractivity contribution in [3.63, 3.8) is 0 Å². The van der Waals surface area contributed by atoms with Gasteiger partial charge in [-0.15, -0.1) is 0 Å². The monoisotopic (exact) mass is 524 g/mol. The van der Waals surface area contributed by atoms with Gasteiger partial charge in [-0.25, -0.2) is 0 Å². The molecule has 5 nitrogen and oxygen atoms in total. The number of epoxide rings is 1. The Morgan fingerprint density at radius 2 is 1.63 bits per heavy atom. The minimum absolute atomic E-state index is 0.0367. The van der Waals surface area contributed by atoms with Crippen molar-refractivity contribution in [3.05, 3.63) is 57.2 Å². The molecule has 2 heterocycles. The minimum Gasteiger partial charge on any atom is -0.491 e. The summed E-state index contributed by atoms with van der Waals surface area (Å²) in [5.74, 6) is 1.23. The van der Waals surface area contributed by atoms with Crippen LogP contribution in [0.25, 0.3) is 0 Å². The average molecular weight is 524 g/mol. The lowest BCUT2D eigenvalue weighted by atomic mass is 9.78. The van der Waals surface area contributed by atoms with Crippen LogP contribution in [-0.2, 0) is 19.6 Å². The minimum atomic E-state index is -0.522.